The van der Waals surface area contributed by atoms with Gasteiger partial charge in [0.1, 0.15) is 6.11 Å². The van der Waals surface area contributed by atoms with Gasteiger partial charge in [-0.2, -0.15) is 8.42 Å². The van der Waals surface area contributed by atoms with E-state index in [4.69, 9.17) is 6.42 Å². The molecule has 4 nitrogen and oxygen atoms in total. The molecule has 80 valence electrons. The third-order valence-corrected chi connectivity index (χ3v) is 1.05. The zero-order valence-electron chi connectivity index (χ0n) is 9.12. The van der Waals surface area contributed by atoms with E-state index in [1.165, 1.54) is 0 Å². The summed E-state index contributed by atoms with van der Waals surface area (Å²) in [5, 5.41) is 0. The monoisotopic (exact) mass is 264 g/mol. The molecule has 0 aromatic carbocycles. The van der Waals surface area contributed by atoms with E-state index < -0.39 is 10.4 Å². The molecule has 6 heteroatoms. The predicted molar refractivity (Wildman–Crippen MR) is 58.5 cm³/mol. The van der Waals surface area contributed by atoms with Crippen LogP contribution in [0.3, 0.4) is 0 Å². The van der Waals surface area contributed by atoms with Crippen LogP contribution in [-0.2, 0) is 14.6 Å². The van der Waals surface area contributed by atoms with Crippen molar-refractivity contribution in [2.75, 3.05) is 0 Å². The molecule has 0 heterocycles. The zero-order chi connectivity index (χ0) is 13.0. The third-order valence-electron chi connectivity index (χ3n) is 0.767. The normalized spacial score (nSPS) is 6.00. The van der Waals surface area contributed by atoms with Crippen LogP contribution >= 0.6 is 0 Å². The van der Waals surface area contributed by atoms with Crippen LogP contribution in [0.5, 0.6) is 0 Å². The minimum absolute atomic E-state index is 0. The fraction of sp³-hybridized carbons (Fsp3) is 0. The van der Waals surface area contributed by atoms with Crippen molar-refractivity contribution >= 4 is 10.4 Å². The Labute approximate surface area is 128 Å². The molecule has 0 rings (SSSR count). The van der Waals surface area contributed by atoms with Crippen molar-refractivity contribution in [3.8, 4) is 71.7 Å². The van der Waals surface area contributed by atoms with Crippen molar-refractivity contribution in [1.82, 2.24) is 0 Å². The van der Waals surface area contributed by atoms with Gasteiger partial charge in [0.05, 0.1) is 0 Å². The van der Waals surface area contributed by atoms with Crippen LogP contribution in [0.2, 0.25) is 0 Å². The largest absolute Gasteiger partial charge is 1.00 e. The SMILES string of the molecule is C#CC#CC#CC#CC#CC#COS(=O)(=O)[O-].[Na+]. The van der Waals surface area contributed by atoms with Crippen molar-refractivity contribution in [2.24, 2.45) is 0 Å². The molecule has 0 saturated carbocycles. The van der Waals surface area contributed by atoms with Gasteiger partial charge in [0.15, 0.2) is 0 Å². The van der Waals surface area contributed by atoms with Crippen molar-refractivity contribution in [3.63, 3.8) is 0 Å². The maximum absolute atomic E-state index is 9.89. The summed E-state index contributed by atoms with van der Waals surface area (Å²) >= 11 is 0. The van der Waals surface area contributed by atoms with Crippen LogP contribution in [0.25, 0.3) is 0 Å². The standard InChI is InChI=1S/C12H2O4S.Na/c1-2-3-4-5-6-7-8-9-10-11-12-16-17(13,14)15;/h1H,(H,13,14,15);/q;+1/p-1. The second-order valence-corrected chi connectivity index (χ2v) is 2.85. The molecular formula is C12HNaO4S. The molecule has 18 heavy (non-hydrogen) atoms. The molecule has 0 spiro atoms. The number of hydrogen-bond donors (Lipinski definition) is 0. The van der Waals surface area contributed by atoms with Crippen LogP contribution in [0.1, 0.15) is 0 Å². The Kier molecular flexibility index (Phi) is 11.8. The molecule has 0 aliphatic heterocycles. The van der Waals surface area contributed by atoms with Gasteiger partial charge in [-0.1, -0.05) is 0 Å². The Morgan fingerprint density at radius 3 is 1.61 bits per heavy atom. The molecule has 0 radical (unpaired) electrons. The maximum atomic E-state index is 9.89. The van der Waals surface area contributed by atoms with Crippen molar-refractivity contribution in [2.45, 2.75) is 0 Å². The Hall–Kier alpha value is -1.93. The quantitative estimate of drug-likeness (QED) is 0.210. The molecule has 0 atom stereocenters. The number of hydrogen-bond acceptors (Lipinski definition) is 4. The Bertz CT molecular complexity index is 730. The van der Waals surface area contributed by atoms with Crippen molar-refractivity contribution in [3.05, 3.63) is 0 Å². The number of terminal acetylenes is 1. The van der Waals surface area contributed by atoms with E-state index in [1.54, 1.807) is 6.11 Å². The van der Waals surface area contributed by atoms with Gasteiger partial charge in [0.2, 0.25) is 0 Å². The van der Waals surface area contributed by atoms with E-state index in [2.05, 4.69) is 57.5 Å². The van der Waals surface area contributed by atoms with Crippen LogP contribution in [0, 0.1) is 71.7 Å². The average Bonchev–Trinajstić information content (AvgIpc) is 2.24. The molecule has 0 saturated heterocycles. The minimum Gasteiger partial charge on any atom is -0.715 e. The number of rotatable bonds is 1. The van der Waals surface area contributed by atoms with E-state index in [9.17, 15) is 13.0 Å². The minimum atomic E-state index is -4.82. The zero-order valence-corrected chi connectivity index (χ0v) is 11.9. The van der Waals surface area contributed by atoms with Crippen molar-refractivity contribution < 1.29 is 46.7 Å². The fourth-order valence-corrected chi connectivity index (χ4v) is 0.496. The Morgan fingerprint density at radius 2 is 1.22 bits per heavy atom. The van der Waals surface area contributed by atoms with E-state index in [0.717, 1.165) is 0 Å². The van der Waals surface area contributed by atoms with Gasteiger partial charge < -0.3 is 8.74 Å². The van der Waals surface area contributed by atoms with E-state index >= 15 is 0 Å². The Morgan fingerprint density at radius 1 is 0.833 bits per heavy atom. The second-order valence-electron chi connectivity index (χ2n) is 1.86. The third kappa shape index (κ3) is 16.5. The predicted octanol–water partition coefficient (Wildman–Crippen LogP) is -3.93. The van der Waals surface area contributed by atoms with Gasteiger partial charge in [-0.15, -0.1) is 6.42 Å². The van der Waals surface area contributed by atoms with E-state index in [-0.39, 0.29) is 29.6 Å². The Balaban J connectivity index is 0. The summed E-state index contributed by atoms with van der Waals surface area (Å²) in [4.78, 5) is 0. The molecule has 0 bridgehead atoms. The molecule has 0 aliphatic rings. The van der Waals surface area contributed by atoms with Crippen LogP contribution in [0.15, 0.2) is 0 Å². The first kappa shape index (κ1) is 18.4. The first-order valence-corrected chi connectivity index (χ1v) is 4.99. The van der Waals surface area contributed by atoms with Crippen LogP contribution in [0.4, 0.5) is 0 Å². The van der Waals surface area contributed by atoms with E-state index in [0.29, 0.717) is 0 Å². The molecule has 0 aliphatic carbocycles. The summed E-state index contributed by atoms with van der Waals surface area (Å²) in [6.07, 6.45) is 6.40. The summed E-state index contributed by atoms with van der Waals surface area (Å²) in [5.74, 6) is 22.1. The molecule has 0 unspecified atom stereocenters. The molecular weight excluding hydrogens is 263 g/mol. The summed E-state index contributed by atoms with van der Waals surface area (Å²) in [6.45, 7) is 0. The molecule has 0 aromatic heterocycles. The maximum Gasteiger partial charge on any atom is 1.00 e. The van der Waals surface area contributed by atoms with Crippen LogP contribution in [-0.4, -0.2) is 13.0 Å². The van der Waals surface area contributed by atoms with Gasteiger partial charge in [0, 0.05) is 29.6 Å². The van der Waals surface area contributed by atoms with E-state index in [1.807, 2.05) is 5.92 Å². The smallest absolute Gasteiger partial charge is 0.715 e. The molecule has 0 amide bonds. The summed E-state index contributed by atoms with van der Waals surface area (Å²) in [7, 11) is -4.82. The van der Waals surface area contributed by atoms with Crippen molar-refractivity contribution in [1.29, 1.82) is 0 Å². The van der Waals surface area contributed by atoms with Gasteiger partial charge in [-0.05, 0) is 29.6 Å². The van der Waals surface area contributed by atoms with Gasteiger partial charge >= 0.3 is 29.6 Å². The second kappa shape index (κ2) is 11.6. The average molecular weight is 264 g/mol. The topological polar surface area (TPSA) is 66.4 Å². The molecule has 0 N–H and O–H groups in total. The first-order valence-electron chi connectivity index (χ1n) is 3.66. The first-order chi connectivity index (χ1) is 8.06. The summed E-state index contributed by atoms with van der Waals surface area (Å²) in [6, 6.07) is 0. The van der Waals surface area contributed by atoms with Gasteiger partial charge in [-0.3, -0.25) is 0 Å². The molecule has 0 aromatic rings. The molecule has 0 fully saturated rings. The van der Waals surface area contributed by atoms with Gasteiger partial charge in [0.25, 0.3) is 10.4 Å². The van der Waals surface area contributed by atoms with Crippen LogP contribution < -0.4 is 29.6 Å². The van der Waals surface area contributed by atoms with Gasteiger partial charge in [-0.25, -0.2) is 0 Å². The summed E-state index contributed by atoms with van der Waals surface area (Å²) in [5.41, 5.74) is 0. The fourth-order valence-electron chi connectivity index (χ4n) is 0.352. The summed E-state index contributed by atoms with van der Waals surface area (Å²) < 4.78 is 33.2.